The molecule has 0 amide bonds. The summed E-state index contributed by atoms with van der Waals surface area (Å²) in [7, 11) is 0. The van der Waals surface area contributed by atoms with Crippen molar-refractivity contribution in [3.63, 3.8) is 0 Å². The smallest absolute Gasteiger partial charge is 0.204 e. The molecule has 0 spiro atoms. The van der Waals surface area contributed by atoms with Gasteiger partial charge in [-0.25, -0.2) is 4.98 Å². The maximum atomic E-state index is 4.44. The van der Waals surface area contributed by atoms with Gasteiger partial charge >= 0.3 is 0 Å². The molecule has 0 radical (unpaired) electrons. The number of nitrogens with zero attached hydrogens (tertiary/aromatic N) is 2. The van der Waals surface area contributed by atoms with Gasteiger partial charge in [-0.2, -0.15) is 5.10 Å². The maximum absolute atomic E-state index is 4.44. The molecule has 18 heavy (non-hydrogen) atoms. The molecule has 88 valence electrons. The van der Waals surface area contributed by atoms with Gasteiger partial charge in [0.15, 0.2) is 0 Å². The van der Waals surface area contributed by atoms with Crippen LogP contribution >= 0.6 is 11.3 Å². The highest BCUT2D eigenvalue weighted by atomic mass is 32.1. The van der Waals surface area contributed by atoms with Crippen molar-refractivity contribution in [1.82, 2.24) is 4.98 Å². The number of thiazole rings is 1. The molecule has 0 saturated heterocycles. The van der Waals surface area contributed by atoms with Gasteiger partial charge in [-0.1, -0.05) is 53.8 Å². The van der Waals surface area contributed by atoms with E-state index in [0.29, 0.717) is 0 Å². The largest absolute Gasteiger partial charge is 0.253 e. The first-order valence-electron chi connectivity index (χ1n) is 5.61. The lowest BCUT2D eigenvalue weighted by molar-refractivity contribution is 1.31. The molecule has 3 rings (SSSR count). The van der Waals surface area contributed by atoms with Gasteiger partial charge in [0.25, 0.3) is 0 Å². The Morgan fingerprint density at radius 1 is 1.00 bits per heavy atom. The Balaban J connectivity index is 1.75. The van der Waals surface area contributed by atoms with Crippen LogP contribution in [0.2, 0.25) is 0 Å². The van der Waals surface area contributed by atoms with Crippen LogP contribution in [0.15, 0.2) is 59.7 Å². The van der Waals surface area contributed by atoms with Crippen LogP contribution < -0.4 is 5.43 Å². The van der Waals surface area contributed by atoms with E-state index in [2.05, 4.69) is 21.6 Å². The molecule has 3 aromatic rings. The highest BCUT2D eigenvalue weighted by molar-refractivity contribution is 7.22. The molecule has 1 N–H and O–H groups in total. The summed E-state index contributed by atoms with van der Waals surface area (Å²) in [6.45, 7) is 0. The number of anilines is 1. The Labute approximate surface area is 109 Å². The summed E-state index contributed by atoms with van der Waals surface area (Å²) in [5.74, 6) is 0. The predicted octanol–water partition coefficient (Wildman–Crippen LogP) is 3.74. The number of hydrogen-bond donors (Lipinski definition) is 1. The van der Waals surface area contributed by atoms with Crippen LogP contribution in [0, 0.1) is 0 Å². The molecule has 1 heterocycles. The average molecular weight is 253 g/mol. The predicted molar refractivity (Wildman–Crippen MR) is 77.3 cm³/mol. The summed E-state index contributed by atoms with van der Waals surface area (Å²) >= 11 is 1.60. The summed E-state index contributed by atoms with van der Waals surface area (Å²) in [6, 6.07) is 18.0. The van der Waals surface area contributed by atoms with Gasteiger partial charge in [0.1, 0.15) is 0 Å². The van der Waals surface area contributed by atoms with E-state index in [1.807, 2.05) is 48.5 Å². The molecule has 4 heteroatoms. The summed E-state index contributed by atoms with van der Waals surface area (Å²) in [5, 5.41) is 4.99. The minimum atomic E-state index is 0.809. The van der Waals surface area contributed by atoms with E-state index in [-0.39, 0.29) is 0 Å². The highest BCUT2D eigenvalue weighted by Gasteiger charge is 2.00. The molecular weight excluding hydrogens is 242 g/mol. The van der Waals surface area contributed by atoms with Gasteiger partial charge in [0.2, 0.25) is 5.13 Å². The van der Waals surface area contributed by atoms with Crippen molar-refractivity contribution in [1.29, 1.82) is 0 Å². The zero-order chi connectivity index (χ0) is 12.2. The van der Waals surface area contributed by atoms with Crippen molar-refractivity contribution in [3.05, 3.63) is 60.2 Å². The van der Waals surface area contributed by atoms with Gasteiger partial charge < -0.3 is 0 Å². The monoisotopic (exact) mass is 253 g/mol. The Morgan fingerprint density at radius 2 is 1.78 bits per heavy atom. The fourth-order valence-electron chi connectivity index (χ4n) is 1.62. The van der Waals surface area contributed by atoms with Gasteiger partial charge in [-0.3, -0.25) is 5.43 Å². The van der Waals surface area contributed by atoms with Gasteiger partial charge in [-0.15, -0.1) is 0 Å². The quantitative estimate of drug-likeness (QED) is 0.570. The summed E-state index contributed by atoms with van der Waals surface area (Å²) in [4.78, 5) is 4.44. The number of hydrazone groups is 1. The molecule has 3 nitrogen and oxygen atoms in total. The van der Waals surface area contributed by atoms with Gasteiger partial charge in [-0.05, 0) is 17.7 Å². The van der Waals surface area contributed by atoms with Crippen molar-refractivity contribution in [2.24, 2.45) is 5.10 Å². The molecular formula is C14H11N3S. The zero-order valence-corrected chi connectivity index (χ0v) is 10.4. The molecule has 0 aliphatic heterocycles. The second kappa shape index (κ2) is 4.98. The van der Waals surface area contributed by atoms with E-state index in [4.69, 9.17) is 0 Å². The fourth-order valence-corrected chi connectivity index (χ4v) is 2.44. The number of nitrogens with one attached hydrogen (secondary N) is 1. The van der Waals surface area contributed by atoms with Crippen LogP contribution in [0.1, 0.15) is 5.56 Å². The number of hydrogen-bond acceptors (Lipinski definition) is 4. The van der Waals surface area contributed by atoms with Crippen molar-refractivity contribution < 1.29 is 0 Å². The second-order valence-corrected chi connectivity index (χ2v) is 4.80. The number of aromatic nitrogens is 1. The summed E-state index contributed by atoms with van der Waals surface area (Å²) in [6.07, 6.45) is 1.78. The zero-order valence-electron chi connectivity index (χ0n) is 9.58. The molecule has 0 saturated carbocycles. The third-order valence-electron chi connectivity index (χ3n) is 2.47. The maximum Gasteiger partial charge on any atom is 0.204 e. The molecule has 0 unspecified atom stereocenters. The van der Waals surface area contributed by atoms with E-state index < -0.39 is 0 Å². The normalized spacial score (nSPS) is 11.1. The van der Waals surface area contributed by atoms with Gasteiger partial charge in [0, 0.05) is 0 Å². The van der Waals surface area contributed by atoms with E-state index in [1.54, 1.807) is 17.6 Å². The standard InChI is InChI=1S/C14H11N3S/c1-2-6-11(7-3-1)10-15-17-14-16-12-8-4-5-9-13(12)18-14/h1-10H,(H,16,17)/b15-10-. The highest BCUT2D eigenvalue weighted by Crippen LogP contribution is 2.25. The van der Waals surface area contributed by atoms with Crippen LogP contribution in [0.5, 0.6) is 0 Å². The lowest BCUT2D eigenvalue weighted by Gasteiger charge is -1.92. The number of rotatable bonds is 3. The summed E-state index contributed by atoms with van der Waals surface area (Å²) < 4.78 is 1.16. The van der Waals surface area contributed by atoms with E-state index in [1.165, 1.54) is 0 Å². The van der Waals surface area contributed by atoms with Crippen LogP contribution in [-0.4, -0.2) is 11.2 Å². The summed E-state index contributed by atoms with van der Waals surface area (Å²) in [5.41, 5.74) is 5.02. The number of para-hydroxylation sites is 1. The van der Waals surface area contributed by atoms with Crippen LogP contribution in [0.3, 0.4) is 0 Å². The number of fused-ring (bicyclic) bond motifs is 1. The SMILES string of the molecule is C(=N/Nc1nc2ccccc2s1)/c1ccccc1. The first-order valence-corrected chi connectivity index (χ1v) is 6.43. The van der Waals surface area contributed by atoms with Gasteiger partial charge in [0.05, 0.1) is 16.4 Å². The lowest BCUT2D eigenvalue weighted by atomic mass is 10.2. The molecule has 0 aliphatic carbocycles. The fraction of sp³-hybridized carbons (Fsp3) is 0. The van der Waals surface area contributed by atoms with Crippen LogP contribution in [-0.2, 0) is 0 Å². The minimum absolute atomic E-state index is 0.809. The Hall–Kier alpha value is -2.20. The van der Waals surface area contributed by atoms with Crippen molar-refractivity contribution in [3.8, 4) is 0 Å². The first-order chi connectivity index (χ1) is 8.92. The molecule has 0 fully saturated rings. The third kappa shape index (κ3) is 2.38. The molecule has 0 bridgehead atoms. The van der Waals surface area contributed by atoms with Crippen molar-refractivity contribution in [2.75, 3.05) is 5.43 Å². The topological polar surface area (TPSA) is 37.3 Å². The van der Waals surface area contributed by atoms with E-state index in [0.717, 1.165) is 20.9 Å². The Kier molecular flexibility index (Phi) is 3.02. The van der Waals surface area contributed by atoms with E-state index >= 15 is 0 Å². The molecule has 0 atom stereocenters. The van der Waals surface area contributed by atoms with Crippen LogP contribution in [0.4, 0.5) is 5.13 Å². The molecule has 1 aromatic heterocycles. The third-order valence-corrected chi connectivity index (χ3v) is 3.41. The Bertz CT molecular complexity index is 641. The first kappa shape index (κ1) is 10.9. The van der Waals surface area contributed by atoms with Crippen molar-refractivity contribution in [2.45, 2.75) is 0 Å². The molecule has 2 aromatic carbocycles. The van der Waals surface area contributed by atoms with E-state index in [9.17, 15) is 0 Å². The molecule has 0 aliphatic rings. The minimum Gasteiger partial charge on any atom is -0.253 e. The lowest BCUT2D eigenvalue weighted by Crippen LogP contribution is -1.89. The van der Waals surface area contributed by atoms with Crippen LogP contribution in [0.25, 0.3) is 10.2 Å². The second-order valence-electron chi connectivity index (χ2n) is 3.77. The van der Waals surface area contributed by atoms with Crippen molar-refractivity contribution >= 4 is 32.9 Å². The number of benzene rings is 2. The Morgan fingerprint density at radius 3 is 2.61 bits per heavy atom. The average Bonchev–Trinajstić information content (AvgIpc) is 2.82.